The fraction of sp³-hybridized carbons (Fsp3) is 0.455. The van der Waals surface area contributed by atoms with Crippen molar-refractivity contribution in [3.05, 3.63) is 24.0 Å². The predicted molar refractivity (Wildman–Crippen MR) is 60.2 cm³/mol. The zero-order valence-electron chi connectivity index (χ0n) is 9.16. The Bertz CT molecular complexity index is 321. The van der Waals surface area contributed by atoms with E-state index >= 15 is 0 Å². The second-order valence-electron chi connectivity index (χ2n) is 3.64. The molecule has 82 valence electrons. The Kier molecular flexibility index (Phi) is 4.09. The first-order valence-corrected chi connectivity index (χ1v) is 5.11. The van der Waals surface area contributed by atoms with Crippen LogP contribution in [0.1, 0.15) is 26.0 Å². The molecular weight excluding hydrogens is 190 g/mol. The predicted octanol–water partition coefficient (Wildman–Crippen LogP) is 1.12. The second kappa shape index (κ2) is 5.34. The summed E-state index contributed by atoms with van der Waals surface area (Å²) >= 11 is 0. The highest BCUT2D eigenvalue weighted by Crippen LogP contribution is 2.02. The van der Waals surface area contributed by atoms with Gasteiger partial charge in [-0.25, -0.2) is 0 Å². The van der Waals surface area contributed by atoms with E-state index in [1.807, 2.05) is 13.8 Å². The maximum Gasteiger partial charge on any atom is 0.226 e. The Morgan fingerprint density at radius 1 is 1.60 bits per heavy atom. The summed E-state index contributed by atoms with van der Waals surface area (Å²) in [6.45, 7) is 4.01. The third kappa shape index (κ3) is 3.97. The van der Waals surface area contributed by atoms with Gasteiger partial charge in [0.25, 0.3) is 0 Å². The maximum atomic E-state index is 11.5. The van der Waals surface area contributed by atoms with Gasteiger partial charge in [-0.1, -0.05) is 6.92 Å². The molecule has 15 heavy (non-hydrogen) atoms. The van der Waals surface area contributed by atoms with E-state index in [0.717, 1.165) is 12.1 Å². The summed E-state index contributed by atoms with van der Waals surface area (Å²) in [7, 11) is 0. The summed E-state index contributed by atoms with van der Waals surface area (Å²) in [5.41, 5.74) is 6.85. The minimum Gasteiger partial charge on any atom is -0.397 e. The second-order valence-corrected chi connectivity index (χ2v) is 3.64. The minimum atomic E-state index is 0.00150. The Morgan fingerprint density at radius 3 is 2.87 bits per heavy atom. The monoisotopic (exact) mass is 207 g/mol. The molecule has 0 spiro atoms. The molecule has 0 saturated carbocycles. The first kappa shape index (κ1) is 11.5. The zero-order chi connectivity index (χ0) is 11.3. The number of nitrogens with two attached hydrogens (primary N) is 1. The average molecular weight is 207 g/mol. The van der Waals surface area contributed by atoms with E-state index in [9.17, 15) is 4.79 Å². The molecule has 1 aromatic rings. The third-order valence-electron chi connectivity index (χ3n) is 2.21. The summed E-state index contributed by atoms with van der Waals surface area (Å²) < 4.78 is 0. The van der Waals surface area contributed by atoms with Crippen molar-refractivity contribution in [2.24, 2.45) is 0 Å². The van der Waals surface area contributed by atoms with Gasteiger partial charge in [0, 0.05) is 11.7 Å². The van der Waals surface area contributed by atoms with Crippen LogP contribution in [0.15, 0.2) is 18.3 Å². The van der Waals surface area contributed by atoms with E-state index < -0.39 is 0 Å². The minimum absolute atomic E-state index is 0.00150. The fourth-order valence-electron chi connectivity index (χ4n) is 1.13. The summed E-state index contributed by atoms with van der Waals surface area (Å²) in [4.78, 5) is 15.5. The van der Waals surface area contributed by atoms with Crippen LogP contribution in [0.4, 0.5) is 5.69 Å². The molecule has 4 nitrogen and oxygen atoms in total. The number of nitrogens with zero attached hydrogens (tertiary/aromatic N) is 1. The number of carbonyl (C=O) groups is 1. The smallest absolute Gasteiger partial charge is 0.226 e. The molecule has 0 aliphatic heterocycles. The van der Waals surface area contributed by atoms with E-state index in [1.54, 1.807) is 18.3 Å². The lowest BCUT2D eigenvalue weighted by Gasteiger charge is -2.10. The summed E-state index contributed by atoms with van der Waals surface area (Å²) in [6, 6.07) is 3.73. The van der Waals surface area contributed by atoms with Crippen LogP contribution in [-0.4, -0.2) is 16.9 Å². The molecular formula is C11H17N3O. The van der Waals surface area contributed by atoms with E-state index in [2.05, 4.69) is 10.3 Å². The van der Waals surface area contributed by atoms with Crippen LogP contribution in [0, 0.1) is 0 Å². The number of amides is 1. The number of anilines is 1. The zero-order valence-corrected chi connectivity index (χ0v) is 9.16. The van der Waals surface area contributed by atoms with Crippen molar-refractivity contribution >= 4 is 11.6 Å². The molecule has 0 fully saturated rings. The molecule has 1 amide bonds. The first-order chi connectivity index (χ1) is 7.11. The normalized spacial score (nSPS) is 12.1. The lowest BCUT2D eigenvalue weighted by atomic mass is 10.2. The molecule has 4 heteroatoms. The van der Waals surface area contributed by atoms with Crippen LogP contribution < -0.4 is 11.1 Å². The van der Waals surface area contributed by atoms with Crippen molar-refractivity contribution in [2.75, 3.05) is 5.73 Å². The highest BCUT2D eigenvalue weighted by molar-refractivity contribution is 5.78. The van der Waals surface area contributed by atoms with E-state index in [4.69, 9.17) is 5.73 Å². The Morgan fingerprint density at radius 2 is 2.33 bits per heavy atom. The number of hydrogen-bond donors (Lipinski definition) is 2. The number of aromatic nitrogens is 1. The quantitative estimate of drug-likeness (QED) is 0.777. The van der Waals surface area contributed by atoms with Crippen molar-refractivity contribution in [1.29, 1.82) is 0 Å². The van der Waals surface area contributed by atoms with E-state index in [0.29, 0.717) is 12.1 Å². The van der Waals surface area contributed by atoms with E-state index in [-0.39, 0.29) is 11.9 Å². The lowest BCUT2D eigenvalue weighted by Crippen LogP contribution is -2.33. The van der Waals surface area contributed by atoms with Crippen LogP contribution >= 0.6 is 0 Å². The van der Waals surface area contributed by atoms with Crippen LogP contribution in [-0.2, 0) is 11.2 Å². The van der Waals surface area contributed by atoms with Crippen LogP contribution in [0.5, 0.6) is 0 Å². The molecule has 0 radical (unpaired) electrons. The topological polar surface area (TPSA) is 68.0 Å². The summed E-state index contributed by atoms with van der Waals surface area (Å²) in [5.74, 6) is 0.00150. The molecule has 1 heterocycles. The Hall–Kier alpha value is -1.58. The van der Waals surface area contributed by atoms with Gasteiger partial charge in [0.2, 0.25) is 5.91 Å². The van der Waals surface area contributed by atoms with Gasteiger partial charge in [-0.2, -0.15) is 0 Å². The van der Waals surface area contributed by atoms with Gasteiger partial charge in [0.05, 0.1) is 18.3 Å². The molecule has 1 atom stereocenters. The van der Waals surface area contributed by atoms with Crippen molar-refractivity contribution in [3.63, 3.8) is 0 Å². The van der Waals surface area contributed by atoms with Crippen molar-refractivity contribution in [1.82, 2.24) is 10.3 Å². The summed E-state index contributed by atoms with van der Waals surface area (Å²) in [6.07, 6.45) is 2.80. The van der Waals surface area contributed by atoms with Crippen molar-refractivity contribution in [3.8, 4) is 0 Å². The number of nitrogens with one attached hydrogen (secondary N) is 1. The van der Waals surface area contributed by atoms with E-state index in [1.165, 1.54) is 0 Å². The molecule has 1 unspecified atom stereocenters. The Labute approximate surface area is 89.9 Å². The van der Waals surface area contributed by atoms with Gasteiger partial charge in [0.1, 0.15) is 0 Å². The fourth-order valence-corrected chi connectivity index (χ4v) is 1.13. The van der Waals surface area contributed by atoms with Crippen molar-refractivity contribution in [2.45, 2.75) is 32.7 Å². The van der Waals surface area contributed by atoms with Gasteiger partial charge < -0.3 is 11.1 Å². The van der Waals surface area contributed by atoms with Gasteiger partial charge in [-0.15, -0.1) is 0 Å². The molecule has 0 aromatic carbocycles. The van der Waals surface area contributed by atoms with Gasteiger partial charge in [-0.05, 0) is 25.5 Å². The van der Waals surface area contributed by atoms with Gasteiger partial charge >= 0.3 is 0 Å². The van der Waals surface area contributed by atoms with Crippen molar-refractivity contribution < 1.29 is 4.79 Å². The number of nitrogen functional groups attached to an aromatic ring is 1. The summed E-state index contributed by atoms with van der Waals surface area (Å²) in [5, 5.41) is 2.88. The van der Waals surface area contributed by atoms with Crippen LogP contribution in [0.3, 0.4) is 0 Å². The number of pyridine rings is 1. The molecule has 0 saturated heterocycles. The SMILES string of the molecule is CCC(C)NC(=O)Cc1ccc(N)cn1. The highest BCUT2D eigenvalue weighted by atomic mass is 16.1. The van der Waals surface area contributed by atoms with Gasteiger partial charge in [-0.3, -0.25) is 9.78 Å². The van der Waals surface area contributed by atoms with Gasteiger partial charge in [0.15, 0.2) is 0 Å². The average Bonchev–Trinajstić information content (AvgIpc) is 2.21. The standard InChI is InChI=1S/C11H17N3O/c1-3-8(2)14-11(15)6-10-5-4-9(12)7-13-10/h4-5,7-8H,3,6,12H2,1-2H3,(H,14,15). The van der Waals surface area contributed by atoms with Crippen LogP contribution in [0.2, 0.25) is 0 Å². The molecule has 1 rings (SSSR count). The maximum absolute atomic E-state index is 11.5. The molecule has 3 N–H and O–H groups in total. The molecule has 0 bridgehead atoms. The molecule has 1 aromatic heterocycles. The number of rotatable bonds is 4. The molecule has 0 aliphatic carbocycles. The largest absolute Gasteiger partial charge is 0.397 e. The van der Waals surface area contributed by atoms with Crippen LogP contribution in [0.25, 0.3) is 0 Å². The number of hydrogen-bond acceptors (Lipinski definition) is 3. The molecule has 0 aliphatic rings. The highest BCUT2D eigenvalue weighted by Gasteiger charge is 2.06. The lowest BCUT2D eigenvalue weighted by molar-refractivity contribution is -0.121. The Balaban J connectivity index is 2.48. The first-order valence-electron chi connectivity index (χ1n) is 5.11. The number of carbonyl (C=O) groups excluding carboxylic acids is 1. The third-order valence-corrected chi connectivity index (χ3v) is 2.21.